The van der Waals surface area contributed by atoms with Crippen LogP contribution in [0.5, 0.6) is 5.75 Å². The second-order valence-corrected chi connectivity index (χ2v) is 10.6. The summed E-state index contributed by atoms with van der Waals surface area (Å²) >= 11 is 0. The van der Waals surface area contributed by atoms with Crippen LogP contribution in [0.2, 0.25) is 0 Å². The van der Waals surface area contributed by atoms with E-state index in [1.807, 2.05) is 25.1 Å². The van der Waals surface area contributed by atoms with Crippen LogP contribution < -0.4 is 4.74 Å². The number of rotatable bonds is 17. The number of allylic oxidation sites excluding steroid dienone is 2. The first-order valence-corrected chi connectivity index (χ1v) is 15.4. The maximum absolute atomic E-state index is 15.4. The summed E-state index contributed by atoms with van der Waals surface area (Å²) < 4.78 is 46.4. The third-order valence-electron chi connectivity index (χ3n) is 7.34. The minimum atomic E-state index is -0.401. The van der Waals surface area contributed by atoms with Gasteiger partial charge in [-0.3, -0.25) is 4.79 Å². The monoisotopic (exact) mass is 623 g/mol. The minimum absolute atomic E-state index is 0.192. The van der Waals surface area contributed by atoms with Gasteiger partial charge in [-0.1, -0.05) is 66.8 Å². The van der Waals surface area contributed by atoms with Crippen LogP contribution in [-0.2, 0) is 20.7 Å². The molecule has 0 aromatic heterocycles. The van der Waals surface area contributed by atoms with Crippen LogP contribution in [0.25, 0.3) is 33.4 Å². The molecule has 0 saturated carbocycles. The highest BCUT2D eigenvalue weighted by atomic mass is 19.1. The first-order valence-electron chi connectivity index (χ1n) is 15.4. The standard InChI is InChI=1S/C39H39F2NO4/c1-3-5-6-8-28-9-16-36(37(40)24-28)30-12-17-34(32(25-30)27-42)31-13-18-35(38(41)26-31)29-10-14-33(15-11-29)45-21-7-22-46-39(43)19-23-44-20-4-2/h3-5,9-18,24-27,42H,2,6-8,19-23H2,1H3/b5-3+,42-27?. The summed E-state index contributed by atoms with van der Waals surface area (Å²) in [6.45, 7) is 6.82. The molecule has 0 atom stereocenters. The number of benzene rings is 4. The Hall–Kier alpha value is -4.88. The van der Waals surface area contributed by atoms with E-state index in [0.717, 1.165) is 18.4 Å². The average Bonchev–Trinajstić information content (AvgIpc) is 3.07. The number of hydrogen-bond acceptors (Lipinski definition) is 5. The number of esters is 1. The Labute approximate surface area is 269 Å². The Morgan fingerprint density at radius 2 is 1.50 bits per heavy atom. The molecule has 46 heavy (non-hydrogen) atoms. The van der Waals surface area contributed by atoms with Crippen LogP contribution in [0, 0.1) is 17.0 Å². The van der Waals surface area contributed by atoms with Crippen LogP contribution in [0.3, 0.4) is 0 Å². The van der Waals surface area contributed by atoms with Crippen molar-refractivity contribution in [2.24, 2.45) is 0 Å². The molecule has 0 fully saturated rings. The van der Waals surface area contributed by atoms with Gasteiger partial charge < -0.3 is 19.6 Å². The fraction of sp³-hybridized carbons (Fsp3) is 0.231. The summed E-state index contributed by atoms with van der Waals surface area (Å²) in [4.78, 5) is 11.7. The van der Waals surface area contributed by atoms with Gasteiger partial charge in [-0.15, -0.1) is 6.58 Å². The van der Waals surface area contributed by atoms with Crippen molar-refractivity contribution in [3.8, 4) is 39.1 Å². The number of ether oxygens (including phenoxy) is 3. The summed E-state index contributed by atoms with van der Waals surface area (Å²) in [6.07, 6.45) is 9.21. The molecular weight excluding hydrogens is 584 g/mol. The molecule has 4 rings (SSSR count). The molecule has 0 unspecified atom stereocenters. The Morgan fingerprint density at radius 1 is 0.826 bits per heavy atom. The molecule has 7 heteroatoms. The molecule has 5 nitrogen and oxygen atoms in total. The quantitative estimate of drug-likeness (QED) is 0.0551. The third-order valence-corrected chi connectivity index (χ3v) is 7.34. The number of halogens is 2. The predicted octanol–water partition coefficient (Wildman–Crippen LogP) is 9.38. The van der Waals surface area contributed by atoms with Crippen molar-refractivity contribution in [3.05, 3.63) is 126 Å². The highest BCUT2D eigenvalue weighted by Gasteiger charge is 2.13. The minimum Gasteiger partial charge on any atom is -0.493 e. The molecule has 0 radical (unpaired) electrons. The first kappa shape index (κ1) is 34.0. The van der Waals surface area contributed by atoms with Crippen molar-refractivity contribution in [2.45, 2.75) is 32.6 Å². The summed E-state index contributed by atoms with van der Waals surface area (Å²) in [5.74, 6) is -0.404. The second kappa shape index (κ2) is 17.6. The van der Waals surface area contributed by atoms with Gasteiger partial charge in [0.2, 0.25) is 0 Å². The molecule has 0 spiro atoms. The van der Waals surface area contributed by atoms with E-state index >= 15 is 8.78 Å². The highest BCUT2D eigenvalue weighted by Crippen LogP contribution is 2.33. The SMILES string of the molecule is C=CCOCCC(=O)OCCCOc1ccc(-c2ccc(-c3ccc(-c4ccc(CC/C=C/C)cc4F)cc3C=N)cc2F)cc1. The van der Waals surface area contributed by atoms with E-state index in [2.05, 4.69) is 12.7 Å². The van der Waals surface area contributed by atoms with E-state index in [1.54, 1.807) is 66.7 Å². The van der Waals surface area contributed by atoms with Crippen LogP contribution in [0.15, 0.2) is 104 Å². The molecule has 1 N–H and O–H groups in total. The number of hydrogen-bond donors (Lipinski definition) is 1. The molecule has 0 amide bonds. The summed E-state index contributed by atoms with van der Waals surface area (Å²) in [5.41, 5.74) is 5.04. The summed E-state index contributed by atoms with van der Waals surface area (Å²) in [7, 11) is 0. The van der Waals surface area contributed by atoms with Gasteiger partial charge >= 0.3 is 5.97 Å². The van der Waals surface area contributed by atoms with E-state index < -0.39 is 5.82 Å². The van der Waals surface area contributed by atoms with Crippen LogP contribution >= 0.6 is 0 Å². The molecule has 0 bridgehead atoms. The number of nitrogens with one attached hydrogen (secondary N) is 1. The number of carbonyl (C=O) groups excluding carboxylic acids is 1. The van der Waals surface area contributed by atoms with Gasteiger partial charge in [0.25, 0.3) is 0 Å². The van der Waals surface area contributed by atoms with Crippen LogP contribution in [0.4, 0.5) is 8.78 Å². The largest absolute Gasteiger partial charge is 0.493 e. The molecule has 0 aliphatic carbocycles. The smallest absolute Gasteiger partial charge is 0.308 e. The lowest BCUT2D eigenvalue weighted by Crippen LogP contribution is -2.11. The molecule has 238 valence electrons. The van der Waals surface area contributed by atoms with Crippen molar-refractivity contribution >= 4 is 12.2 Å². The molecule has 0 heterocycles. The lowest BCUT2D eigenvalue weighted by Gasteiger charge is -2.12. The maximum Gasteiger partial charge on any atom is 0.308 e. The zero-order chi connectivity index (χ0) is 32.7. The van der Waals surface area contributed by atoms with Crippen molar-refractivity contribution < 1.29 is 27.8 Å². The molecule has 0 saturated heterocycles. The zero-order valence-corrected chi connectivity index (χ0v) is 26.1. The summed E-state index contributed by atoms with van der Waals surface area (Å²) in [5, 5.41) is 7.99. The lowest BCUT2D eigenvalue weighted by atomic mass is 9.93. The van der Waals surface area contributed by atoms with Crippen molar-refractivity contribution in [3.63, 3.8) is 0 Å². The molecule has 0 aliphatic heterocycles. The molecule has 4 aromatic rings. The van der Waals surface area contributed by atoms with E-state index in [1.165, 1.54) is 12.3 Å². The molecule has 0 aliphatic rings. The van der Waals surface area contributed by atoms with Crippen molar-refractivity contribution in [2.75, 3.05) is 26.4 Å². The lowest BCUT2D eigenvalue weighted by molar-refractivity contribution is -0.145. The fourth-order valence-corrected chi connectivity index (χ4v) is 4.95. The van der Waals surface area contributed by atoms with Crippen LogP contribution in [0.1, 0.15) is 37.3 Å². The van der Waals surface area contributed by atoms with Gasteiger partial charge in [-0.25, -0.2) is 8.78 Å². The highest BCUT2D eigenvalue weighted by molar-refractivity contribution is 5.91. The fourth-order valence-electron chi connectivity index (χ4n) is 4.95. The third kappa shape index (κ3) is 9.56. The molecule has 4 aromatic carbocycles. The van der Waals surface area contributed by atoms with Gasteiger partial charge in [-0.2, -0.15) is 0 Å². The number of aryl methyl sites for hydroxylation is 1. The van der Waals surface area contributed by atoms with Gasteiger partial charge in [0.15, 0.2) is 0 Å². The average molecular weight is 624 g/mol. The first-order chi connectivity index (χ1) is 22.4. The van der Waals surface area contributed by atoms with Gasteiger partial charge in [0, 0.05) is 29.3 Å². The Morgan fingerprint density at radius 3 is 2.20 bits per heavy atom. The number of carbonyl (C=O) groups is 1. The second-order valence-electron chi connectivity index (χ2n) is 10.6. The molecular formula is C39H39F2NO4. The zero-order valence-electron chi connectivity index (χ0n) is 26.1. The Kier molecular flexibility index (Phi) is 13.0. The van der Waals surface area contributed by atoms with Crippen molar-refractivity contribution in [1.82, 2.24) is 0 Å². The topological polar surface area (TPSA) is 68.6 Å². The Bertz CT molecular complexity index is 1660. The van der Waals surface area contributed by atoms with Crippen molar-refractivity contribution in [1.29, 1.82) is 5.41 Å². The van der Waals surface area contributed by atoms with Gasteiger partial charge in [0.1, 0.15) is 17.4 Å². The van der Waals surface area contributed by atoms with Gasteiger partial charge in [0.05, 0.1) is 32.8 Å². The predicted molar refractivity (Wildman–Crippen MR) is 180 cm³/mol. The van der Waals surface area contributed by atoms with Gasteiger partial charge in [-0.05, 0) is 77.9 Å². The van der Waals surface area contributed by atoms with E-state index in [9.17, 15) is 4.79 Å². The van der Waals surface area contributed by atoms with E-state index in [-0.39, 0.29) is 24.8 Å². The maximum atomic E-state index is 15.4. The Balaban J connectivity index is 1.36. The van der Waals surface area contributed by atoms with Crippen LogP contribution in [-0.4, -0.2) is 38.6 Å². The normalized spacial score (nSPS) is 11.0. The van der Waals surface area contributed by atoms with E-state index in [4.69, 9.17) is 19.6 Å². The summed E-state index contributed by atoms with van der Waals surface area (Å²) in [6, 6.07) is 22.7. The van der Waals surface area contributed by atoms with E-state index in [0.29, 0.717) is 70.9 Å².